The van der Waals surface area contributed by atoms with Crippen molar-refractivity contribution < 1.29 is 48.9 Å². The number of ether oxygens (including phenoxy) is 5. The first-order chi connectivity index (χ1) is 17.3. The highest BCUT2D eigenvalue weighted by Gasteiger charge is 2.55. The number of cyclic esters (lactones) is 1. The fourth-order valence-corrected chi connectivity index (χ4v) is 5.21. The van der Waals surface area contributed by atoms with Crippen LogP contribution in [0.2, 0.25) is 0 Å². The van der Waals surface area contributed by atoms with Crippen LogP contribution in [0.1, 0.15) is 66.2 Å². The van der Waals surface area contributed by atoms with Gasteiger partial charge in [0.25, 0.3) is 0 Å². The first-order valence-corrected chi connectivity index (χ1v) is 13.2. The van der Waals surface area contributed by atoms with E-state index in [1.807, 2.05) is 13.0 Å². The van der Waals surface area contributed by atoms with Gasteiger partial charge in [0.1, 0.15) is 6.10 Å². The van der Waals surface area contributed by atoms with Crippen LogP contribution < -0.4 is 0 Å². The van der Waals surface area contributed by atoms with Crippen molar-refractivity contribution in [3.05, 3.63) is 11.6 Å². The lowest BCUT2D eigenvalue weighted by molar-refractivity contribution is -0.340. The van der Waals surface area contributed by atoms with Crippen LogP contribution >= 0.6 is 0 Å². The van der Waals surface area contributed by atoms with Crippen molar-refractivity contribution in [3.63, 3.8) is 0 Å². The van der Waals surface area contributed by atoms with Crippen LogP contribution in [-0.4, -0.2) is 103 Å². The Morgan fingerprint density at radius 3 is 2.27 bits per heavy atom. The lowest BCUT2D eigenvalue weighted by atomic mass is 9.71. The van der Waals surface area contributed by atoms with Gasteiger partial charge in [-0.1, -0.05) is 26.8 Å². The van der Waals surface area contributed by atoms with Crippen molar-refractivity contribution in [2.75, 3.05) is 27.9 Å². The summed E-state index contributed by atoms with van der Waals surface area (Å²) in [6.45, 7) is 7.18. The number of hydrogen-bond acceptors (Lipinski definition) is 10. The van der Waals surface area contributed by atoms with Crippen molar-refractivity contribution in [3.8, 4) is 0 Å². The summed E-state index contributed by atoms with van der Waals surface area (Å²) < 4.78 is 28.6. The van der Waals surface area contributed by atoms with Gasteiger partial charge in [-0.15, -0.1) is 0 Å². The lowest BCUT2D eigenvalue weighted by Crippen LogP contribution is -2.60. The molecular formula is C27H48O10. The van der Waals surface area contributed by atoms with Crippen LogP contribution in [0.4, 0.5) is 0 Å². The minimum absolute atomic E-state index is 0.0497. The molecule has 216 valence electrons. The highest BCUT2D eigenvalue weighted by atomic mass is 16.6. The Kier molecular flexibility index (Phi) is 12.0. The van der Waals surface area contributed by atoms with Crippen molar-refractivity contribution in [1.29, 1.82) is 0 Å². The highest BCUT2D eigenvalue weighted by molar-refractivity contribution is 5.75. The van der Waals surface area contributed by atoms with Gasteiger partial charge in [-0.3, -0.25) is 0 Å². The van der Waals surface area contributed by atoms with E-state index in [0.717, 1.165) is 0 Å². The normalized spacial score (nSPS) is 38.9. The Bertz CT molecular complexity index is 751. The van der Waals surface area contributed by atoms with Crippen LogP contribution in [0.5, 0.6) is 0 Å². The van der Waals surface area contributed by atoms with Gasteiger partial charge in [0.15, 0.2) is 11.9 Å². The third kappa shape index (κ3) is 7.73. The molecule has 2 heterocycles. The van der Waals surface area contributed by atoms with Gasteiger partial charge in [-0.25, -0.2) is 4.79 Å². The Morgan fingerprint density at radius 2 is 1.73 bits per heavy atom. The molecule has 2 unspecified atom stereocenters. The maximum Gasteiger partial charge on any atom is 0.338 e. The first kappa shape index (κ1) is 32.1. The second-order valence-electron chi connectivity index (χ2n) is 11.0. The third-order valence-electron chi connectivity index (χ3n) is 8.28. The minimum atomic E-state index is -1.74. The average Bonchev–Trinajstić information content (AvgIpc) is 2.87. The highest BCUT2D eigenvalue weighted by Crippen LogP contribution is 2.46. The van der Waals surface area contributed by atoms with Crippen LogP contribution in [-0.2, 0) is 28.5 Å². The Labute approximate surface area is 220 Å². The number of rotatable bonds is 7. The molecule has 2 fully saturated rings. The molecule has 10 heteroatoms. The summed E-state index contributed by atoms with van der Waals surface area (Å²) in [7, 11) is 4.44. The molecular weight excluding hydrogens is 484 g/mol. The van der Waals surface area contributed by atoms with Crippen molar-refractivity contribution in [1.82, 2.24) is 0 Å². The predicted octanol–water partition coefficient (Wildman–Crippen LogP) is 1.71. The molecule has 2 aliphatic heterocycles. The summed E-state index contributed by atoms with van der Waals surface area (Å²) in [6, 6.07) is 0. The summed E-state index contributed by atoms with van der Waals surface area (Å²) in [5.41, 5.74) is -0.411. The van der Waals surface area contributed by atoms with Crippen LogP contribution in [0.3, 0.4) is 0 Å². The molecule has 2 aliphatic rings. The maximum atomic E-state index is 13.1. The van der Waals surface area contributed by atoms with Gasteiger partial charge in [-0.2, -0.15) is 0 Å². The Balaban J connectivity index is 2.51. The van der Waals surface area contributed by atoms with Crippen LogP contribution in [0.25, 0.3) is 0 Å². The number of aliphatic hydroxyl groups is 4. The minimum Gasteiger partial charge on any atom is -0.456 e. The molecule has 10 nitrogen and oxygen atoms in total. The van der Waals surface area contributed by atoms with Crippen molar-refractivity contribution >= 4 is 5.97 Å². The standard InChI is InChI=1S/C27H48O10/c1-8-17(15-28)9-16(2)21-11-18(33-5)13-23(29)26(3,4)27(32)14-20(34-6)10-19(37-27)12-22(35-7)24(30)25(31)36-21/h9,17-24,28-30,32H,8,10-15H2,1-7H3/b16-9+/t17-,18+,19+,20+,21-,22-,23?,24+,27?/m0/s1. The van der Waals surface area contributed by atoms with Crippen LogP contribution in [0.15, 0.2) is 11.6 Å². The molecule has 2 bridgehead atoms. The quantitative estimate of drug-likeness (QED) is 0.282. The second kappa shape index (κ2) is 13.8. The number of carbonyl (C=O) groups excluding carboxylic acids is 1. The van der Waals surface area contributed by atoms with Gasteiger partial charge in [0.2, 0.25) is 0 Å². The van der Waals surface area contributed by atoms with Gasteiger partial charge < -0.3 is 44.1 Å². The topological polar surface area (TPSA) is 144 Å². The van der Waals surface area contributed by atoms with E-state index in [9.17, 15) is 25.2 Å². The number of carbonyl (C=O) groups is 1. The van der Waals surface area contributed by atoms with E-state index in [1.165, 1.54) is 14.2 Å². The van der Waals surface area contributed by atoms with Gasteiger partial charge >= 0.3 is 5.97 Å². The zero-order valence-corrected chi connectivity index (χ0v) is 23.4. The van der Waals surface area contributed by atoms with E-state index >= 15 is 0 Å². The average molecular weight is 533 g/mol. The summed E-state index contributed by atoms with van der Waals surface area (Å²) >= 11 is 0. The van der Waals surface area contributed by atoms with E-state index in [0.29, 0.717) is 18.4 Å². The van der Waals surface area contributed by atoms with Crippen molar-refractivity contribution in [2.24, 2.45) is 11.3 Å². The fourth-order valence-electron chi connectivity index (χ4n) is 5.21. The smallest absolute Gasteiger partial charge is 0.338 e. The SMILES string of the molecule is CC[C@@H](/C=C(\C)[C@@H]1C[C@@H](OC)CC(O)C(C)(C)C2(O)C[C@H](OC)C[C@H](C[C@H](OC)[C@@H](O)C(=O)O1)O2)CO. The fraction of sp³-hybridized carbons (Fsp3) is 0.889. The Hall–Kier alpha value is -1.11. The summed E-state index contributed by atoms with van der Waals surface area (Å²) in [4.78, 5) is 13.1. The molecule has 37 heavy (non-hydrogen) atoms. The van der Waals surface area contributed by atoms with E-state index in [-0.39, 0.29) is 44.3 Å². The molecule has 2 saturated heterocycles. The lowest BCUT2D eigenvalue weighted by Gasteiger charge is -2.51. The monoisotopic (exact) mass is 532 g/mol. The van der Waals surface area contributed by atoms with E-state index < -0.39 is 53.8 Å². The third-order valence-corrected chi connectivity index (χ3v) is 8.28. The molecule has 0 aromatic carbocycles. The van der Waals surface area contributed by atoms with E-state index in [2.05, 4.69) is 0 Å². The second-order valence-corrected chi connectivity index (χ2v) is 11.0. The summed E-state index contributed by atoms with van der Waals surface area (Å²) in [5.74, 6) is -2.72. The number of esters is 1. The van der Waals surface area contributed by atoms with E-state index in [1.54, 1.807) is 27.9 Å². The Morgan fingerprint density at radius 1 is 1.08 bits per heavy atom. The van der Waals surface area contributed by atoms with Crippen molar-refractivity contribution in [2.45, 2.75) is 115 Å². The molecule has 0 amide bonds. The first-order valence-electron chi connectivity index (χ1n) is 13.2. The van der Waals surface area contributed by atoms with Gasteiger partial charge in [0, 0.05) is 71.4 Å². The number of fused-ring (bicyclic) bond motifs is 2. The number of hydrogen-bond donors (Lipinski definition) is 4. The summed E-state index contributed by atoms with van der Waals surface area (Å²) in [5, 5.41) is 43.6. The van der Waals surface area contributed by atoms with E-state index in [4.69, 9.17) is 23.7 Å². The maximum absolute atomic E-state index is 13.1. The van der Waals surface area contributed by atoms with Crippen LogP contribution in [0, 0.1) is 11.3 Å². The van der Waals surface area contributed by atoms with Gasteiger partial charge in [0.05, 0.1) is 30.5 Å². The molecule has 0 aromatic heterocycles. The predicted molar refractivity (Wildman–Crippen MR) is 136 cm³/mol. The zero-order chi connectivity index (χ0) is 28.0. The largest absolute Gasteiger partial charge is 0.456 e. The molecule has 0 radical (unpaired) electrons. The molecule has 0 spiro atoms. The zero-order valence-electron chi connectivity index (χ0n) is 23.4. The molecule has 0 aromatic rings. The molecule has 4 N–H and O–H groups in total. The van der Waals surface area contributed by atoms with Gasteiger partial charge in [-0.05, 0) is 18.9 Å². The molecule has 2 rings (SSSR count). The summed E-state index contributed by atoms with van der Waals surface area (Å²) in [6.07, 6.45) is -2.32. The number of methoxy groups -OCH3 is 3. The molecule has 0 saturated carbocycles. The molecule has 0 aliphatic carbocycles. The number of aliphatic hydroxyl groups excluding tert-OH is 3. The molecule has 9 atom stereocenters.